The molecule has 1 aromatic heterocycles. The number of nitrogens with zero attached hydrogens (tertiary/aromatic N) is 1. The van der Waals surface area contributed by atoms with Gasteiger partial charge in [0.1, 0.15) is 5.75 Å². The zero-order chi connectivity index (χ0) is 9.80. The van der Waals surface area contributed by atoms with Gasteiger partial charge in [0.2, 0.25) is 0 Å². The van der Waals surface area contributed by atoms with Crippen LogP contribution in [0.3, 0.4) is 0 Å². The average Bonchev–Trinajstić information content (AvgIpc) is 2.23. The van der Waals surface area contributed by atoms with E-state index >= 15 is 0 Å². The molecule has 2 nitrogen and oxygen atoms in total. The first-order valence-electron chi connectivity index (χ1n) is 5.12. The summed E-state index contributed by atoms with van der Waals surface area (Å²) in [7, 11) is 0. The fourth-order valence-corrected chi connectivity index (χ4v) is 2.16. The average molecular weight is 256 g/mol. The molecule has 0 amide bonds. The summed E-state index contributed by atoms with van der Waals surface area (Å²) in [4.78, 5) is 4.01. The SMILES string of the molecule is Brc1cnccc1OC1CCCCC1. The van der Waals surface area contributed by atoms with Crippen molar-refractivity contribution in [3.63, 3.8) is 0 Å². The fourth-order valence-electron chi connectivity index (χ4n) is 1.82. The van der Waals surface area contributed by atoms with E-state index in [0.717, 1.165) is 10.2 Å². The highest BCUT2D eigenvalue weighted by Gasteiger charge is 2.15. The van der Waals surface area contributed by atoms with Gasteiger partial charge < -0.3 is 4.74 Å². The normalized spacial score (nSPS) is 18.1. The van der Waals surface area contributed by atoms with Crippen LogP contribution < -0.4 is 4.74 Å². The van der Waals surface area contributed by atoms with E-state index in [2.05, 4.69) is 20.9 Å². The van der Waals surface area contributed by atoms with Crippen molar-refractivity contribution in [2.45, 2.75) is 38.2 Å². The molecule has 3 heteroatoms. The smallest absolute Gasteiger partial charge is 0.136 e. The Morgan fingerprint density at radius 1 is 1.29 bits per heavy atom. The minimum absolute atomic E-state index is 0.405. The highest BCUT2D eigenvalue weighted by Crippen LogP contribution is 2.28. The predicted molar refractivity (Wildman–Crippen MR) is 59.4 cm³/mol. The molecule has 1 fully saturated rings. The molecular weight excluding hydrogens is 242 g/mol. The van der Waals surface area contributed by atoms with Crippen molar-refractivity contribution in [2.24, 2.45) is 0 Å². The van der Waals surface area contributed by atoms with Crippen molar-refractivity contribution in [3.05, 3.63) is 22.9 Å². The highest BCUT2D eigenvalue weighted by atomic mass is 79.9. The standard InChI is InChI=1S/C11H14BrNO/c12-10-8-13-7-6-11(10)14-9-4-2-1-3-5-9/h6-9H,1-5H2. The molecule has 14 heavy (non-hydrogen) atoms. The summed E-state index contributed by atoms with van der Waals surface area (Å²) in [6, 6.07) is 1.92. The molecule has 1 heterocycles. The van der Waals surface area contributed by atoms with Crippen LogP contribution in [-0.4, -0.2) is 11.1 Å². The molecule has 0 bridgehead atoms. The van der Waals surface area contributed by atoms with Gasteiger partial charge in [-0.1, -0.05) is 6.42 Å². The first-order valence-corrected chi connectivity index (χ1v) is 5.92. The van der Waals surface area contributed by atoms with Gasteiger partial charge in [-0.15, -0.1) is 0 Å². The van der Waals surface area contributed by atoms with Gasteiger partial charge in [0, 0.05) is 12.4 Å². The van der Waals surface area contributed by atoms with E-state index in [-0.39, 0.29) is 0 Å². The summed E-state index contributed by atoms with van der Waals surface area (Å²) < 4.78 is 6.85. The van der Waals surface area contributed by atoms with Crippen molar-refractivity contribution in [2.75, 3.05) is 0 Å². The van der Waals surface area contributed by atoms with Gasteiger partial charge >= 0.3 is 0 Å². The number of pyridine rings is 1. The first kappa shape index (κ1) is 9.97. The lowest BCUT2D eigenvalue weighted by Crippen LogP contribution is -2.19. The van der Waals surface area contributed by atoms with E-state index in [1.54, 1.807) is 12.4 Å². The van der Waals surface area contributed by atoms with Gasteiger partial charge in [0.25, 0.3) is 0 Å². The Labute approximate surface area is 92.8 Å². The Morgan fingerprint density at radius 3 is 2.79 bits per heavy atom. The second-order valence-electron chi connectivity index (χ2n) is 3.68. The number of aromatic nitrogens is 1. The summed E-state index contributed by atoms with van der Waals surface area (Å²) in [6.07, 6.45) is 10.3. The molecule has 0 radical (unpaired) electrons. The lowest BCUT2D eigenvalue weighted by atomic mass is 9.98. The van der Waals surface area contributed by atoms with Crippen molar-refractivity contribution in [1.82, 2.24) is 4.98 Å². The van der Waals surface area contributed by atoms with E-state index < -0.39 is 0 Å². The molecule has 0 spiro atoms. The maximum Gasteiger partial charge on any atom is 0.136 e. The van der Waals surface area contributed by atoms with Crippen LogP contribution in [0.4, 0.5) is 0 Å². The molecule has 0 unspecified atom stereocenters. The Bertz CT molecular complexity index is 297. The van der Waals surface area contributed by atoms with Crippen LogP contribution in [0.2, 0.25) is 0 Å². The van der Waals surface area contributed by atoms with E-state index in [0.29, 0.717) is 6.10 Å². The van der Waals surface area contributed by atoms with Crippen molar-refractivity contribution in [1.29, 1.82) is 0 Å². The second kappa shape index (κ2) is 4.78. The summed E-state index contributed by atoms with van der Waals surface area (Å²) in [6.45, 7) is 0. The summed E-state index contributed by atoms with van der Waals surface area (Å²) in [5.74, 6) is 0.923. The van der Waals surface area contributed by atoms with Gasteiger partial charge in [-0.2, -0.15) is 0 Å². The summed E-state index contributed by atoms with van der Waals surface area (Å²) >= 11 is 3.44. The zero-order valence-corrected chi connectivity index (χ0v) is 9.66. The number of ether oxygens (including phenoxy) is 1. The Kier molecular flexibility index (Phi) is 3.40. The van der Waals surface area contributed by atoms with E-state index in [1.165, 1.54) is 32.1 Å². The maximum absolute atomic E-state index is 5.90. The molecule has 0 atom stereocenters. The minimum atomic E-state index is 0.405. The fraction of sp³-hybridized carbons (Fsp3) is 0.545. The lowest BCUT2D eigenvalue weighted by molar-refractivity contribution is 0.154. The molecule has 2 rings (SSSR count). The number of hydrogen-bond acceptors (Lipinski definition) is 2. The molecule has 0 aliphatic heterocycles. The monoisotopic (exact) mass is 255 g/mol. The third-order valence-corrected chi connectivity index (χ3v) is 3.18. The van der Waals surface area contributed by atoms with Crippen molar-refractivity contribution in [3.8, 4) is 5.75 Å². The third kappa shape index (κ3) is 2.47. The quantitative estimate of drug-likeness (QED) is 0.807. The highest BCUT2D eigenvalue weighted by molar-refractivity contribution is 9.10. The number of halogens is 1. The molecule has 0 saturated heterocycles. The van der Waals surface area contributed by atoms with Crippen LogP contribution >= 0.6 is 15.9 Å². The molecule has 1 aliphatic carbocycles. The number of rotatable bonds is 2. The molecule has 0 N–H and O–H groups in total. The van der Waals surface area contributed by atoms with E-state index in [1.807, 2.05) is 6.07 Å². The van der Waals surface area contributed by atoms with Crippen molar-refractivity contribution >= 4 is 15.9 Å². The van der Waals surface area contributed by atoms with Gasteiger partial charge in [0.05, 0.1) is 10.6 Å². The van der Waals surface area contributed by atoms with Gasteiger partial charge in [-0.3, -0.25) is 4.98 Å². The Balaban J connectivity index is 1.99. The Hall–Kier alpha value is -0.570. The molecule has 1 aromatic rings. The van der Waals surface area contributed by atoms with Crippen LogP contribution in [-0.2, 0) is 0 Å². The largest absolute Gasteiger partial charge is 0.489 e. The maximum atomic E-state index is 5.90. The molecule has 1 aliphatic rings. The lowest BCUT2D eigenvalue weighted by Gasteiger charge is -2.23. The molecule has 1 saturated carbocycles. The van der Waals surface area contributed by atoms with Crippen LogP contribution in [0.25, 0.3) is 0 Å². The van der Waals surface area contributed by atoms with Gasteiger partial charge in [0.15, 0.2) is 0 Å². The summed E-state index contributed by atoms with van der Waals surface area (Å²) in [5.41, 5.74) is 0. The minimum Gasteiger partial charge on any atom is -0.489 e. The van der Waals surface area contributed by atoms with Gasteiger partial charge in [-0.25, -0.2) is 0 Å². The first-order chi connectivity index (χ1) is 6.86. The van der Waals surface area contributed by atoms with E-state index in [9.17, 15) is 0 Å². The number of hydrogen-bond donors (Lipinski definition) is 0. The molecule has 76 valence electrons. The topological polar surface area (TPSA) is 22.1 Å². The van der Waals surface area contributed by atoms with Crippen LogP contribution in [0, 0.1) is 0 Å². The third-order valence-electron chi connectivity index (χ3n) is 2.58. The van der Waals surface area contributed by atoms with Gasteiger partial charge in [-0.05, 0) is 47.7 Å². The van der Waals surface area contributed by atoms with E-state index in [4.69, 9.17) is 4.74 Å². The zero-order valence-electron chi connectivity index (χ0n) is 8.08. The molecular formula is C11H14BrNO. The summed E-state index contributed by atoms with van der Waals surface area (Å²) in [5, 5.41) is 0. The molecule has 0 aromatic carbocycles. The second-order valence-corrected chi connectivity index (χ2v) is 4.54. The van der Waals surface area contributed by atoms with Crippen LogP contribution in [0.1, 0.15) is 32.1 Å². The Morgan fingerprint density at radius 2 is 2.07 bits per heavy atom. The predicted octanol–water partition coefficient (Wildman–Crippen LogP) is 3.56. The van der Waals surface area contributed by atoms with Crippen molar-refractivity contribution < 1.29 is 4.74 Å². The van der Waals surface area contributed by atoms with Crippen LogP contribution in [0.5, 0.6) is 5.75 Å². The van der Waals surface area contributed by atoms with Crippen LogP contribution in [0.15, 0.2) is 22.9 Å².